The number of likely N-dealkylation sites (tertiary alicyclic amines) is 1. The fourth-order valence-corrected chi connectivity index (χ4v) is 3.40. The van der Waals surface area contributed by atoms with Crippen LogP contribution >= 0.6 is 0 Å². The number of benzene rings is 1. The van der Waals surface area contributed by atoms with Crippen LogP contribution in [0, 0.1) is 6.92 Å². The van der Waals surface area contributed by atoms with E-state index in [1.54, 1.807) is 0 Å². The SMILES string of the molecule is Cc1ccccc1C1CC(C)N(C(=O)c2ccc(C(=O)O)nc2)C1. The number of amides is 1. The van der Waals surface area contributed by atoms with Crippen molar-refractivity contribution in [2.24, 2.45) is 0 Å². The average Bonchev–Trinajstić information content (AvgIpc) is 2.96. The molecule has 1 aromatic carbocycles. The van der Waals surface area contributed by atoms with Gasteiger partial charge in [0.25, 0.3) is 5.91 Å². The molecule has 124 valence electrons. The normalized spacial score (nSPS) is 20.2. The summed E-state index contributed by atoms with van der Waals surface area (Å²) in [5, 5.41) is 8.90. The number of hydrogen-bond donors (Lipinski definition) is 1. The number of rotatable bonds is 3. The summed E-state index contributed by atoms with van der Waals surface area (Å²) in [6, 6.07) is 11.3. The maximum Gasteiger partial charge on any atom is 0.354 e. The molecule has 0 saturated carbocycles. The number of nitrogens with zero attached hydrogens (tertiary/aromatic N) is 2. The molecule has 1 fully saturated rings. The summed E-state index contributed by atoms with van der Waals surface area (Å²) in [6.07, 6.45) is 2.27. The van der Waals surface area contributed by atoms with Crippen LogP contribution in [0.15, 0.2) is 42.6 Å². The molecule has 5 heteroatoms. The van der Waals surface area contributed by atoms with Gasteiger partial charge < -0.3 is 10.0 Å². The third-order valence-electron chi connectivity index (χ3n) is 4.69. The van der Waals surface area contributed by atoms with E-state index in [1.807, 2.05) is 17.0 Å². The summed E-state index contributed by atoms with van der Waals surface area (Å²) in [4.78, 5) is 29.3. The Morgan fingerprint density at radius 2 is 1.96 bits per heavy atom. The van der Waals surface area contributed by atoms with Gasteiger partial charge in [0.1, 0.15) is 5.69 Å². The Morgan fingerprint density at radius 3 is 2.58 bits per heavy atom. The van der Waals surface area contributed by atoms with E-state index in [0.717, 1.165) is 6.42 Å². The number of hydrogen-bond acceptors (Lipinski definition) is 3. The molecule has 24 heavy (non-hydrogen) atoms. The van der Waals surface area contributed by atoms with E-state index >= 15 is 0 Å². The molecule has 1 aliphatic heterocycles. The molecule has 0 spiro atoms. The Kier molecular flexibility index (Phi) is 4.34. The number of carbonyl (C=O) groups is 2. The lowest BCUT2D eigenvalue weighted by Gasteiger charge is -2.21. The van der Waals surface area contributed by atoms with E-state index in [1.165, 1.54) is 29.5 Å². The minimum Gasteiger partial charge on any atom is -0.477 e. The lowest BCUT2D eigenvalue weighted by molar-refractivity contribution is 0.0686. The van der Waals surface area contributed by atoms with E-state index in [0.29, 0.717) is 18.0 Å². The molecular formula is C19H20N2O3. The first-order chi connectivity index (χ1) is 11.5. The van der Waals surface area contributed by atoms with Crippen LogP contribution in [0.5, 0.6) is 0 Å². The molecule has 2 unspecified atom stereocenters. The first-order valence-electron chi connectivity index (χ1n) is 8.03. The van der Waals surface area contributed by atoms with Gasteiger partial charge in [-0.25, -0.2) is 9.78 Å². The highest BCUT2D eigenvalue weighted by molar-refractivity contribution is 5.95. The monoisotopic (exact) mass is 324 g/mol. The number of carbonyl (C=O) groups excluding carboxylic acids is 1. The second kappa shape index (κ2) is 6.43. The molecule has 1 aromatic heterocycles. The van der Waals surface area contributed by atoms with Gasteiger partial charge in [-0.1, -0.05) is 24.3 Å². The second-order valence-electron chi connectivity index (χ2n) is 6.33. The van der Waals surface area contributed by atoms with Gasteiger partial charge in [0, 0.05) is 24.7 Å². The zero-order chi connectivity index (χ0) is 17.3. The topological polar surface area (TPSA) is 70.5 Å². The second-order valence-corrected chi connectivity index (χ2v) is 6.33. The van der Waals surface area contributed by atoms with Gasteiger partial charge in [-0.15, -0.1) is 0 Å². The molecule has 3 rings (SSSR count). The van der Waals surface area contributed by atoms with Crippen LogP contribution < -0.4 is 0 Å². The smallest absolute Gasteiger partial charge is 0.354 e. The Hall–Kier alpha value is -2.69. The van der Waals surface area contributed by atoms with Gasteiger partial charge in [-0.2, -0.15) is 0 Å². The summed E-state index contributed by atoms with van der Waals surface area (Å²) in [5.41, 5.74) is 2.91. The van der Waals surface area contributed by atoms with Crippen LogP contribution in [-0.2, 0) is 0 Å². The third kappa shape index (κ3) is 3.02. The van der Waals surface area contributed by atoms with Crippen LogP contribution in [-0.4, -0.2) is 39.5 Å². The zero-order valence-electron chi connectivity index (χ0n) is 13.8. The van der Waals surface area contributed by atoms with Gasteiger partial charge in [-0.3, -0.25) is 4.79 Å². The minimum atomic E-state index is -1.09. The van der Waals surface area contributed by atoms with Crippen molar-refractivity contribution in [2.75, 3.05) is 6.54 Å². The van der Waals surface area contributed by atoms with E-state index < -0.39 is 5.97 Å². The van der Waals surface area contributed by atoms with Gasteiger partial charge in [-0.05, 0) is 43.5 Å². The molecule has 1 saturated heterocycles. The largest absolute Gasteiger partial charge is 0.477 e. The minimum absolute atomic E-state index is 0.0567. The van der Waals surface area contributed by atoms with Crippen LogP contribution in [0.1, 0.15) is 51.2 Å². The molecule has 2 atom stereocenters. The number of aromatic carboxylic acids is 1. The van der Waals surface area contributed by atoms with Crippen molar-refractivity contribution >= 4 is 11.9 Å². The van der Waals surface area contributed by atoms with E-state index in [4.69, 9.17) is 5.11 Å². The summed E-state index contributed by atoms with van der Waals surface area (Å²) in [5.74, 6) is -0.859. The fourth-order valence-electron chi connectivity index (χ4n) is 3.40. The highest BCUT2D eigenvalue weighted by Gasteiger charge is 2.34. The number of pyridine rings is 1. The molecule has 5 nitrogen and oxygen atoms in total. The average molecular weight is 324 g/mol. The Bertz CT molecular complexity index is 770. The van der Waals surface area contributed by atoms with E-state index in [9.17, 15) is 9.59 Å². The van der Waals surface area contributed by atoms with Crippen LogP contribution in [0.3, 0.4) is 0 Å². The summed E-state index contributed by atoms with van der Waals surface area (Å²) in [7, 11) is 0. The van der Waals surface area contributed by atoms with Crippen molar-refractivity contribution in [3.8, 4) is 0 Å². The molecule has 0 aliphatic carbocycles. The van der Waals surface area contributed by atoms with Gasteiger partial charge in [0.2, 0.25) is 0 Å². The molecular weight excluding hydrogens is 304 g/mol. The molecule has 0 bridgehead atoms. The Balaban J connectivity index is 1.78. The molecule has 1 aliphatic rings. The maximum absolute atomic E-state index is 12.7. The zero-order valence-corrected chi connectivity index (χ0v) is 13.8. The number of carboxylic acid groups (broad SMARTS) is 1. The van der Waals surface area contributed by atoms with Gasteiger partial charge in [0.05, 0.1) is 5.56 Å². The Labute approximate surface area is 140 Å². The van der Waals surface area contributed by atoms with E-state index in [-0.39, 0.29) is 17.6 Å². The molecule has 2 aromatic rings. The van der Waals surface area contributed by atoms with Crippen molar-refractivity contribution in [1.29, 1.82) is 0 Å². The molecule has 2 heterocycles. The first-order valence-corrected chi connectivity index (χ1v) is 8.03. The van der Waals surface area contributed by atoms with Crippen molar-refractivity contribution in [2.45, 2.75) is 32.2 Å². The highest BCUT2D eigenvalue weighted by Crippen LogP contribution is 2.33. The van der Waals surface area contributed by atoms with Crippen molar-refractivity contribution < 1.29 is 14.7 Å². The van der Waals surface area contributed by atoms with Crippen LogP contribution in [0.2, 0.25) is 0 Å². The fraction of sp³-hybridized carbons (Fsp3) is 0.316. The van der Waals surface area contributed by atoms with Crippen molar-refractivity contribution in [3.05, 3.63) is 65.0 Å². The summed E-state index contributed by atoms with van der Waals surface area (Å²) < 4.78 is 0. The van der Waals surface area contributed by atoms with Crippen molar-refractivity contribution in [3.63, 3.8) is 0 Å². The maximum atomic E-state index is 12.7. The standard InChI is InChI=1S/C19H20N2O3/c1-12-5-3-4-6-16(12)15-9-13(2)21(11-15)18(22)14-7-8-17(19(23)24)20-10-14/h3-8,10,13,15H,9,11H2,1-2H3,(H,23,24). The summed E-state index contributed by atoms with van der Waals surface area (Å²) in [6.45, 7) is 4.82. The van der Waals surface area contributed by atoms with Crippen LogP contribution in [0.4, 0.5) is 0 Å². The lowest BCUT2D eigenvalue weighted by Crippen LogP contribution is -2.34. The predicted molar refractivity (Wildman–Crippen MR) is 90.2 cm³/mol. The molecule has 0 radical (unpaired) electrons. The number of carboxylic acids is 1. The molecule has 1 amide bonds. The van der Waals surface area contributed by atoms with Crippen molar-refractivity contribution in [1.82, 2.24) is 9.88 Å². The number of aromatic nitrogens is 1. The lowest BCUT2D eigenvalue weighted by atomic mass is 9.93. The van der Waals surface area contributed by atoms with Gasteiger partial charge in [0.15, 0.2) is 0 Å². The third-order valence-corrected chi connectivity index (χ3v) is 4.69. The van der Waals surface area contributed by atoms with Gasteiger partial charge >= 0.3 is 5.97 Å². The quantitative estimate of drug-likeness (QED) is 0.942. The predicted octanol–water partition coefficient (Wildman–Crippen LogP) is 3.11. The number of aryl methyl sites for hydroxylation is 1. The summed E-state index contributed by atoms with van der Waals surface area (Å²) >= 11 is 0. The Morgan fingerprint density at radius 1 is 1.21 bits per heavy atom. The van der Waals surface area contributed by atoms with Crippen LogP contribution in [0.25, 0.3) is 0 Å². The highest BCUT2D eigenvalue weighted by atomic mass is 16.4. The first kappa shape index (κ1) is 16.2. The molecule has 1 N–H and O–H groups in total. The van der Waals surface area contributed by atoms with E-state index in [2.05, 4.69) is 31.0 Å².